The number of imidazole rings is 1. The molecule has 6 nitrogen and oxygen atoms in total. The van der Waals surface area contributed by atoms with Gasteiger partial charge in [-0.3, -0.25) is 13.9 Å². The minimum absolute atomic E-state index is 0.105. The molecule has 0 radical (unpaired) electrons. The minimum atomic E-state index is -0.608. The summed E-state index contributed by atoms with van der Waals surface area (Å²) in [5.74, 6) is -0.608. The number of carbonyl (C=O) groups is 1. The summed E-state index contributed by atoms with van der Waals surface area (Å²) in [7, 11) is 3.35. The summed E-state index contributed by atoms with van der Waals surface area (Å²) in [5.41, 5.74) is 2.13. The lowest BCUT2D eigenvalue weighted by atomic mass is 10.1. The number of halogens is 2. The fourth-order valence-corrected chi connectivity index (χ4v) is 3.07. The van der Waals surface area contributed by atoms with E-state index in [2.05, 4.69) is 5.32 Å². The molecule has 0 bridgehead atoms. The summed E-state index contributed by atoms with van der Waals surface area (Å²) in [6, 6.07) is 12.0. The molecule has 0 atom stereocenters. The standard InChI is InChI=1S/C19H14Cl2N4O2/c1-24-15-7-6-11(9-16(15)25(2)19(24)27)8-12(10-22)18(26)23-14-5-3-4-13(20)17(14)21/h3-9H,1-2H3,(H,23,26)/b12-8+. The quantitative estimate of drug-likeness (QED) is 0.537. The van der Waals surface area contributed by atoms with Crippen LogP contribution in [0, 0.1) is 11.3 Å². The van der Waals surface area contributed by atoms with Crippen LogP contribution in [0.25, 0.3) is 17.1 Å². The molecule has 1 aromatic heterocycles. The van der Waals surface area contributed by atoms with Gasteiger partial charge in [0.25, 0.3) is 5.91 Å². The topological polar surface area (TPSA) is 79.8 Å². The number of nitriles is 1. The molecule has 0 unspecified atom stereocenters. The van der Waals surface area contributed by atoms with Crippen LogP contribution < -0.4 is 11.0 Å². The highest BCUT2D eigenvalue weighted by atomic mass is 35.5. The number of fused-ring (bicyclic) bond motifs is 1. The fourth-order valence-electron chi connectivity index (χ4n) is 2.72. The number of nitrogens with zero attached hydrogens (tertiary/aromatic N) is 3. The number of aromatic nitrogens is 2. The SMILES string of the molecule is Cn1c(=O)n(C)c2cc(/C=C(\C#N)C(=O)Nc3cccc(Cl)c3Cl)ccc21. The van der Waals surface area contributed by atoms with Crippen molar-refractivity contribution in [2.75, 3.05) is 5.32 Å². The zero-order valence-corrected chi connectivity index (χ0v) is 16.0. The molecule has 1 heterocycles. The molecule has 1 amide bonds. The van der Waals surface area contributed by atoms with Gasteiger partial charge in [-0.05, 0) is 35.9 Å². The lowest BCUT2D eigenvalue weighted by molar-refractivity contribution is -0.112. The van der Waals surface area contributed by atoms with Crippen LogP contribution in [0.3, 0.4) is 0 Å². The predicted molar refractivity (Wildman–Crippen MR) is 107 cm³/mol. The highest BCUT2D eigenvalue weighted by Crippen LogP contribution is 2.29. The number of hydrogen-bond acceptors (Lipinski definition) is 3. The molecule has 0 aliphatic rings. The molecule has 0 saturated heterocycles. The Balaban J connectivity index is 1.96. The molecule has 0 spiro atoms. The van der Waals surface area contributed by atoms with Crippen molar-refractivity contribution in [3.05, 3.63) is 68.1 Å². The third kappa shape index (κ3) is 3.47. The molecular formula is C19H14Cl2N4O2. The van der Waals surface area contributed by atoms with Gasteiger partial charge in [-0.15, -0.1) is 0 Å². The smallest absolute Gasteiger partial charge is 0.320 e. The Bertz CT molecular complexity index is 1200. The van der Waals surface area contributed by atoms with Crippen molar-refractivity contribution in [3.63, 3.8) is 0 Å². The van der Waals surface area contributed by atoms with E-state index in [1.165, 1.54) is 15.2 Å². The van der Waals surface area contributed by atoms with E-state index in [4.69, 9.17) is 23.2 Å². The Morgan fingerprint density at radius 1 is 1.15 bits per heavy atom. The molecule has 1 N–H and O–H groups in total. The normalized spacial score (nSPS) is 11.4. The van der Waals surface area contributed by atoms with E-state index in [1.54, 1.807) is 50.5 Å². The molecule has 0 aliphatic heterocycles. The van der Waals surface area contributed by atoms with E-state index in [1.807, 2.05) is 6.07 Å². The summed E-state index contributed by atoms with van der Waals surface area (Å²) < 4.78 is 3.03. The summed E-state index contributed by atoms with van der Waals surface area (Å²) in [4.78, 5) is 24.5. The highest BCUT2D eigenvalue weighted by molar-refractivity contribution is 6.44. The predicted octanol–water partition coefficient (Wildman–Crippen LogP) is 3.73. The van der Waals surface area contributed by atoms with Gasteiger partial charge in [-0.25, -0.2) is 4.79 Å². The maximum absolute atomic E-state index is 12.4. The van der Waals surface area contributed by atoms with Crippen LogP contribution in [-0.2, 0) is 18.9 Å². The number of rotatable bonds is 3. The van der Waals surface area contributed by atoms with E-state index in [-0.39, 0.29) is 16.3 Å². The number of benzene rings is 2. The van der Waals surface area contributed by atoms with Crippen LogP contribution in [0.15, 0.2) is 46.8 Å². The van der Waals surface area contributed by atoms with E-state index in [9.17, 15) is 14.9 Å². The molecule has 0 fully saturated rings. The van der Waals surface area contributed by atoms with E-state index < -0.39 is 5.91 Å². The maximum Gasteiger partial charge on any atom is 0.328 e. The highest BCUT2D eigenvalue weighted by Gasteiger charge is 2.14. The third-order valence-corrected chi connectivity index (χ3v) is 4.99. The Labute approximate surface area is 164 Å². The lowest BCUT2D eigenvalue weighted by Crippen LogP contribution is -2.19. The Morgan fingerprint density at radius 3 is 2.56 bits per heavy atom. The average molecular weight is 401 g/mol. The maximum atomic E-state index is 12.4. The van der Waals surface area contributed by atoms with Crippen molar-refractivity contribution in [3.8, 4) is 6.07 Å². The molecule has 0 aliphatic carbocycles. The number of aryl methyl sites for hydroxylation is 2. The monoisotopic (exact) mass is 400 g/mol. The summed E-state index contributed by atoms with van der Waals surface area (Å²) >= 11 is 12.0. The first kappa shape index (κ1) is 18.8. The van der Waals surface area contributed by atoms with Gasteiger partial charge in [0, 0.05) is 14.1 Å². The number of anilines is 1. The minimum Gasteiger partial charge on any atom is -0.320 e. The number of amides is 1. The lowest BCUT2D eigenvalue weighted by Gasteiger charge is -2.07. The van der Waals surface area contributed by atoms with Gasteiger partial charge in [0.15, 0.2) is 0 Å². The average Bonchev–Trinajstić information content (AvgIpc) is 2.87. The first-order valence-corrected chi connectivity index (χ1v) is 8.61. The first-order valence-electron chi connectivity index (χ1n) is 7.86. The van der Waals surface area contributed by atoms with Gasteiger partial charge in [0.05, 0.1) is 26.8 Å². The summed E-state index contributed by atoms with van der Waals surface area (Å²) in [6.45, 7) is 0. The molecular weight excluding hydrogens is 387 g/mol. The van der Waals surface area contributed by atoms with Gasteiger partial charge in [0.1, 0.15) is 11.6 Å². The van der Waals surface area contributed by atoms with Gasteiger partial charge >= 0.3 is 5.69 Å². The Hall–Kier alpha value is -3.01. The second-order valence-electron chi connectivity index (χ2n) is 5.87. The zero-order valence-electron chi connectivity index (χ0n) is 14.5. The number of nitrogens with one attached hydrogen (secondary N) is 1. The second kappa shape index (κ2) is 7.31. The zero-order chi connectivity index (χ0) is 19.7. The van der Waals surface area contributed by atoms with Crippen LogP contribution in [0.2, 0.25) is 10.0 Å². The molecule has 27 heavy (non-hydrogen) atoms. The Morgan fingerprint density at radius 2 is 1.85 bits per heavy atom. The van der Waals surface area contributed by atoms with Crippen LogP contribution in [-0.4, -0.2) is 15.0 Å². The van der Waals surface area contributed by atoms with Crippen molar-refractivity contribution in [1.29, 1.82) is 5.26 Å². The van der Waals surface area contributed by atoms with Crippen LogP contribution in [0.4, 0.5) is 5.69 Å². The number of hydrogen-bond donors (Lipinski definition) is 1. The number of carbonyl (C=O) groups excluding carboxylic acids is 1. The van der Waals surface area contributed by atoms with E-state index >= 15 is 0 Å². The van der Waals surface area contributed by atoms with Gasteiger partial charge in [-0.2, -0.15) is 5.26 Å². The molecule has 2 aromatic carbocycles. The van der Waals surface area contributed by atoms with Gasteiger partial charge < -0.3 is 5.32 Å². The Kier molecular flexibility index (Phi) is 5.08. The van der Waals surface area contributed by atoms with Crippen molar-refractivity contribution in [2.45, 2.75) is 0 Å². The van der Waals surface area contributed by atoms with Crippen LogP contribution in [0.5, 0.6) is 0 Å². The summed E-state index contributed by atoms with van der Waals surface area (Å²) in [5, 5.41) is 12.5. The van der Waals surface area contributed by atoms with Crippen LogP contribution in [0.1, 0.15) is 5.56 Å². The molecule has 3 aromatic rings. The van der Waals surface area contributed by atoms with Crippen molar-refractivity contribution >= 4 is 51.9 Å². The van der Waals surface area contributed by atoms with E-state index in [0.29, 0.717) is 21.8 Å². The fraction of sp³-hybridized carbons (Fsp3) is 0.105. The van der Waals surface area contributed by atoms with Crippen molar-refractivity contribution < 1.29 is 4.79 Å². The van der Waals surface area contributed by atoms with Crippen LogP contribution >= 0.6 is 23.2 Å². The molecule has 3 rings (SSSR count). The largest absolute Gasteiger partial charge is 0.328 e. The van der Waals surface area contributed by atoms with Gasteiger partial charge in [-0.1, -0.05) is 35.3 Å². The van der Waals surface area contributed by atoms with Crippen molar-refractivity contribution in [2.24, 2.45) is 14.1 Å². The van der Waals surface area contributed by atoms with E-state index in [0.717, 1.165) is 5.52 Å². The molecule has 8 heteroatoms. The third-order valence-electron chi connectivity index (χ3n) is 4.17. The second-order valence-corrected chi connectivity index (χ2v) is 6.66. The molecule has 0 saturated carbocycles. The molecule has 136 valence electrons. The first-order chi connectivity index (χ1) is 12.8. The van der Waals surface area contributed by atoms with Gasteiger partial charge in [0.2, 0.25) is 0 Å². The summed E-state index contributed by atoms with van der Waals surface area (Å²) in [6.07, 6.45) is 1.45. The van der Waals surface area contributed by atoms with Crippen molar-refractivity contribution in [1.82, 2.24) is 9.13 Å².